The summed E-state index contributed by atoms with van der Waals surface area (Å²) in [5.74, 6) is 0.211. The average molecular weight is 211 g/mol. The second-order valence-electron chi connectivity index (χ2n) is 3.33. The SMILES string of the molecule is O=C(CC1COCCN1)c1cccs1. The van der Waals surface area contributed by atoms with Crippen molar-refractivity contribution in [3.63, 3.8) is 0 Å². The fourth-order valence-electron chi connectivity index (χ4n) is 1.51. The van der Waals surface area contributed by atoms with Crippen LogP contribution in [-0.2, 0) is 4.74 Å². The summed E-state index contributed by atoms with van der Waals surface area (Å²) in [7, 11) is 0. The smallest absolute Gasteiger partial charge is 0.174 e. The van der Waals surface area contributed by atoms with Crippen LogP contribution in [0.15, 0.2) is 17.5 Å². The molecule has 1 atom stereocenters. The molecule has 1 N–H and O–H groups in total. The third-order valence-electron chi connectivity index (χ3n) is 2.23. The summed E-state index contributed by atoms with van der Waals surface area (Å²) in [6, 6.07) is 3.97. The van der Waals surface area contributed by atoms with E-state index in [0.29, 0.717) is 13.0 Å². The van der Waals surface area contributed by atoms with Crippen molar-refractivity contribution < 1.29 is 9.53 Å². The molecule has 2 heterocycles. The van der Waals surface area contributed by atoms with E-state index in [1.807, 2.05) is 17.5 Å². The van der Waals surface area contributed by atoms with E-state index in [4.69, 9.17) is 4.74 Å². The van der Waals surface area contributed by atoms with Gasteiger partial charge in [-0.1, -0.05) is 6.07 Å². The van der Waals surface area contributed by atoms with E-state index >= 15 is 0 Å². The van der Waals surface area contributed by atoms with Crippen molar-refractivity contribution in [3.8, 4) is 0 Å². The molecule has 1 aromatic rings. The van der Waals surface area contributed by atoms with Crippen molar-refractivity contribution in [2.24, 2.45) is 0 Å². The zero-order chi connectivity index (χ0) is 9.80. The Morgan fingerprint density at radius 3 is 3.29 bits per heavy atom. The molecule has 4 heteroatoms. The number of ether oxygens (including phenoxy) is 1. The molecule has 0 amide bonds. The Labute approximate surface area is 87.1 Å². The quantitative estimate of drug-likeness (QED) is 0.766. The van der Waals surface area contributed by atoms with Gasteiger partial charge in [0.1, 0.15) is 0 Å². The molecule has 76 valence electrons. The van der Waals surface area contributed by atoms with Crippen LogP contribution in [-0.4, -0.2) is 31.6 Å². The minimum atomic E-state index is 0.193. The Kier molecular flexibility index (Phi) is 3.29. The molecular formula is C10H13NO2S. The van der Waals surface area contributed by atoms with Crippen LogP contribution in [0.5, 0.6) is 0 Å². The molecule has 1 saturated heterocycles. The Morgan fingerprint density at radius 1 is 1.71 bits per heavy atom. The average Bonchev–Trinajstić information content (AvgIpc) is 2.72. The molecule has 0 aliphatic carbocycles. The second kappa shape index (κ2) is 4.68. The highest BCUT2D eigenvalue weighted by atomic mass is 32.1. The largest absolute Gasteiger partial charge is 0.378 e. The van der Waals surface area contributed by atoms with E-state index in [1.54, 1.807) is 0 Å². The van der Waals surface area contributed by atoms with Crippen molar-refractivity contribution in [3.05, 3.63) is 22.4 Å². The lowest BCUT2D eigenvalue weighted by atomic mass is 10.1. The first-order valence-electron chi connectivity index (χ1n) is 4.74. The Balaban J connectivity index is 1.87. The monoisotopic (exact) mass is 211 g/mol. The van der Waals surface area contributed by atoms with Crippen molar-refractivity contribution in [1.29, 1.82) is 0 Å². The molecular weight excluding hydrogens is 198 g/mol. The van der Waals surface area contributed by atoms with Gasteiger partial charge < -0.3 is 10.1 Å². The number of carbonyl (C=O) groups excluding carboxylic acids is 1. The summed E-state index contributed by atoms with van der Waals surface area (Å²) in [4.78, 5) is 12.5. The number of carbonyl (C=O) groups is 1. The highest BCUT2D eigenvalue weighted by molar-refractivity contribution is 7.12. The molecule has 0 spiro atoms. The van der Waals surface area contributed by atoms with Gasteiger partial charge >= 0.3 is 0 Å². The molecule has 1 fully saturated rings. The van der Waals surface area contributed by atoms with Gasteiger partial charge in [0, 0.05) is 19.0 Å². The molecule has 14 heavy (non-hydrogen) atoms. The van der Waals surface area contributed by atoms with Crippen molar-refractivity contribution >= 4 is 17.1 Å². The number of Topliss-reactive ketones (excluding diaryl/α,β-unsaturated/α-hetero) is 1. The van der Waals surface area contributed by atoms with E-state index in [9.17, 15) is 4.79 Å². The maximum absolute atomic E-state index is 11.7. The van der Waals surface area contributed by atoms with Gasteiger partial charge in [0.15, 0.2) is 5.78 Å². The van der Waals surface area contributed by atoms with Gasteiger partial charge in [0.05, 0.1) is 18.1 Å². The zero-order valence-electron chi connectivity index (χ0n) is 7.86. The summed E-state index contributed by atoms with van der Waals surface area (Å²) in [5, 5.41) is 5.20. The minimum Gasteiger partial charge on any atom is -0.378 e. The first kappa shape index (κ1) is 9.83. The summed E-state index contributed by atoms with van der Waals surface area (Å²) in [6.07, 6.45) is 0.542. The Morgan fingerprint density at radius 2 is 2.64 bits per heavy atom. The molecule has 3 nitrogen and oxygen atoms in total. The third kappa shape index (κ3) is 2.41. The van der Waals surface area contributed by atoms with Gasteiger partial charge in [-0.25, -0.2) is 0 Å². The number of nitrogens with one attached hydrogen (secondary N) is 1. The summed E-state index contributed by atoms with van der Waals surface area (Å²) >= 11 is 1.50. The van der Waals surface area contributed by atoms with Crippen LogP contribution in [0.4, 0.5) is 0 Å². The van der Waals surface area contributed by atoms with Crippen LogP contribution in [0.2, 0.25) is 0 Å². The predicted octanol–water partition coefficient (Wildman–Crippen LogP) is 1.31. The third-order valence-corrected chi connectivity index (χ3v) is 3.14. The predicted molar refractivity (Wildman–Crippen MR) is 55.9 cm³/mol. The highest BCUT2D eigenvalue weighted by Crippen LogP contribution is 2.13. The normalized spacial score (nSPS) is 22.1. The molecule has 1 aliphatic rings. The van der Waals surface area contributed by atoms with Crippen LogP contribution in [0.3, 0.4) is 0 Å². The van der Waals surface area contributed by atoms with E-state index in [2.05, 4.69) is 5.32 Å². The highest BCUT2D eigenvalue weighted by Gasteiger charge is 2.17. The maximum atomic E-state index is 11.7. The Hall–Kier alpha value is -0.710. The van der Waals surface area contributed by atoms with E-state index in [0.717, 1.165) is 18.0 Å². The number of ketones is 1. The summed E-state index contributed by atoms with van der Waals surface area (Å²) < 4.78 is 5.29. The van der Waals surface area contributed by atoms with Gasteiger partial charge in [-0.3, -0.25) is 4.79 Å². The molecule has 0 radical (unpaired) electrons. The number of hydrogen-bond donors (Lipinski definition) is 1. The van der Waals surface area contributed by atoms with Gasteiger partial charge in [-0.2, -0.15) is 0 Å². The van der Waals surface area contributed by atoms with Gasteiger partial charge in [0.25, 0.3) is 0 Å². The molecule has 1 unspecified atom stereocenters. The fourth-order valence-corrected chi connectivity index (χ4v) is 2.19. The standard InChI is InChI=1S/C10H13NO2S/c12-9(10-2-1-5-14-10)6-8-7-13-4-3-11-8/h1-2,5,8,11H,3-4,6-7H2. The first-order chi connectivity index (χ1) is 6.86. The molecule has 0 aromatic carbocycles. The topological polar surface area (TPSA) is 38.3 Å². The van der Waals surface area contributed by atoms with Gasteiger partial charge in [-0.15, -0.1) is 11.3 Å². The van der Waals surface area contributed by atoms with E-state index in [-0.39, 0.29) is 11.8 Å². The van der Waals surface area contributed by atoms with Crippen molar-refractivity contribution in [2.45, 2.75) is 12.5 Å². The van der Waals surface area contributed by atoms with Crippen LogP contribution in [0, 0.1) is 0 Å². The molecule has 0 saturated carbocycles. The lowest BCUT2D eigenvalue weighted by molar-refractivity contribution is 0.0677. The first-order valence-corrected chi connectivity index (χ1v) is 5.62. The van der Waals surface area contributed by atoms with Crippen molar-refractivity contribution in [2.75, 3.05) is 19.8 Å². The molecule has 0 bridgehead atoms. The number of thiophene rings is 1. The molecule has 2 rings (SSSR count). The zero-order valence-corrected chi connectivity index (χ0v) is 8.68. The summed E-state index contributed by atoms with van der Waals surface area (Å²) in [6.45, 7) is 2.25. The Bertz CT molecular complexity index is 291. The lowest BCUT2D eigenvalue weighted by Crippen LogP contribution is -2.42. The van der Waals surface area contributed by atoms with Gasteiger partial charge in [-0.05, 0) is 11.4 Å². The fraction of sp³-hybridized carbons (Fsp3) is 0.500. The summed E-state index contributed by atoms with van der Waals surface area (Å²) in [5.41, 5.74) is 0. The van der Waals surface area contributed by atoms with E-state index < -0.39 is 0 Å². The van der Waals surface area contributed by atoms with E-state index in [1.165, 1.54) is 11.3 Å². The van der Waals surface area contributed by atoms with Crippen LogP contribution in [0.1, 0.15) is 16.1 Å². The number of rotatable bonds is 3. The molecule has 1 aliphatic heterocycles. The van der Waals surface area contributed by atoms with Crippen LogP contribution >= 0.6 is 11.3 Å². The molecule has 1 aromatic heterocycles. The van der Waals surface area contributed by atoms with Crippen LogP contribution in [0.25, 0.3) is 0 Å². The number of morpholine rings is 1. The maximum Gasteiger partial charge on any atom is 0.174 e. The van der Waals surface area contributed by atoms with Gasteiger partial charge in [0.2, 0.25) is 0 Å². The number of hydrogen-bond acceptors (Lipinski definition) is 4. The van der Waals surface area contributed by atoms with Crippen LogP contribution < -0.4 is 5.32 Å². The minimum absolute atomic E-state index is 0.193. The lowest BCUT2D eigenvalue weighted by Gasteiger charge is -2.22. The second-order valence-corrected chi connectivity index (χ2v) is 4.28. The van der Waals surface area contributed by atoms with Crippen molar-refractivity contribution in [1.82, 2.24) is 5.32 Å².